The van der Waals surface area contributed by atoms with Gasteiger partial charge in [-0.1, -0.05) is 0 Å². The summed E-state index contributed by atoms with van der Waals surface area (Å²) < 4.78 is 13.9. The van der Waals surface area contributed by atoms with Gasteiger partial charge in [-0.2, -0.15) is 0 Å². The number of hydrogen-bond acceptors (Lipinski definition) is 6. The second-order valence-electron chi connectivity index (χ2n) is 3.40. The van der Waals surface area contributed by atoms with Crippen molar-refractivity contribution in [3.8, 4) is 0 Å². The highest BCUT2D eigenvalue weighted by Gasteiger charge is 2.22. The number of ether oxygens (including phenoxy) is 3. The lowest BCUT2D eigenvalue weighted by Crippen LogP contribution is -2.43. The van der Waals surface area contributed by atoms with Gasteiger partial charge < -0.3 is 19.5 Å². The number of nitrogens with one attached hydrogen (secondary N) is 1. The third-order valence-corrected chi connectivity index (χ3v) is 2.12. The van der Waals surface area contributed by atoms with Gasteiger partial charge in [0.25, 0.3) is 0 Å². The van der Waals surface area contributed by atoms with Crippen LogP contribution in [0, 0.1) is 0 Å². The van der Waals surface area contributed by atoms with Crippen molar-refractivity contribution in [2.45, 2.75) is 25.8 Å². The largest absolute Gasteiger partial charge is 0.469 e. The number of amides is 1. The van der Waals surface area contributed by atoms with E-state index in [0.29, 0.717) is 6.61 Å². The molecule has 0 saturated heterocycles. The Morgan fingerprint density at radius 2 is 1.83 bits per heavy atom. The average Bonchev–Trinajstić information content (AvgIpc) is 2.39. The molecule has 1 amide bonds. The fraction of sp³-hybridized carbons (Fsp3) is 0.727. The number of carbonyl (C=O) groups is 3. The van der Waals surface area contributed by atoms with Crippen molar-refractivity contribution in [2.24, 2.45) is 0 Å². The molecule has 0 aliphatic heterocycles. The first-order valence-electron chi connectivity index (χ1n) is 5.56. The molecule has 0 aromatic rings. The van der Waals surface area contributed by atoms with Crippen LogP contribution in [0.25, 0.3) is 0 Å². The predicted molar refractivity (Wildman–Crippen MR) is 61.7 cm³/mol. The summed E-state index contributed by atoms with van der Waals surface area (Å²) in [4.78, 5) is 33.8. The number of rotatable bonds is 8. The Bertz CT molecular complexity index is 291. The van der Waals surface area contributed by atoms with Crippen LogP contribution in [0.2, 0.25) is 0 Å². The Morgan fingerprint density at radius 3 is 2.33 bits per heavy atom. The van der Waals surface area contributed by atoms with E-state index in [1.165, 1.54) is 14.2 Å². The number of carbonyl (C=O) groups excluding carboxylic acids is 3. The van der Waals surface area contributed by atoms with Gasteiger partial charge in [0.2, 0.25) is 5.91 Å². The van der Waals surface area contributed by atoms with Gasteiger partial charge in [0, 0.05) is 13.0 Å². The van der Waals surface area contributed by atoms with Crippen molar-refractivity contribution in [2.75, 3.05) is 27.4 Å². The molecule has 0 radical (unpaired) electrons. The first kappa shape index (κ1) is 16.4. The van der Waals surface area contributed by atoms with Gasteiger partial charge in [-0.3, -0.25) is 9.59 Å². The summed E-state index contributed by atoms with van der Waals surface area (Å²) in [7, 11) is 2.46. The van der Waals surface area contributed by atoms with Crippen LogP contribution in [0.3, 0.4) is 0 Å². The molecule has 0 rings (SSSR count). The highest BCUT2D eigenvalue weighted by molar-refractivity contribution is 5.85. The van der Waals surface area contributed by atoms with Gasteiger partial charge in [0.1, 0.15) is 12.6 Å². The highest BCUT2D eigenvalue weighted by atomic mass is 16.5. The molecule has 7 heteroatoms. The lowest BCUT2D eigenvalue weighted by Gasteiger charge is -2.15. The van der Waals surface area contributed by atoms with Gasteiger partial charge >= 0.3 is 11.9 Å². The van der Waals surface area contributed by atoms with E-state index in [4.69, 9.17) is 4.74 Å². The van der Waals surface area contributed by atoms with E-state index >= 15 is 0 Å². The monoisotopic (exact) mass is 261 g/mol. The number of methoxy groups -OCH3 is 2. The molecule has 7 nitrogen and oxygen atoms in total. The van der Waals surface area contributed by atoms with Crippen LogP contribution in [0.1, 0.15) is 19.8 Å². The van der Waals surface area contributed by atoms with Crippen molar-refractivity contribution >= 4 is 17.8 Å². The second-order valence-corrected chi connectivity index (χ2v) is 3.40. The van der Waals surface area contributed by atoms with E-state index in [1.54, 1.807) is 6.92 Å². The first-order chi connectivity index (χ1) is 8.54. The van der Waals surface area contributed by atoms with Gasteiger partial charge in [-0.05, 0) is 13.3 Å². The summed E-state index contributed by atoms with van der Waals surface area (Å²) in [6.45, 7) is 2.02. The molecule has 0 aliphatic rings. The van der Waals surface area contributed by atoms with Crippen LogP contribution in [-0.2, 0) is 28.6 Å². The Labute approximate surface area is 106 Å². The van der Waals surface area contributed by atoms with Crippen LogP contribution in [0.5, 0.6) is 0 Å². The van der Waals surface area contributed by atoms with E-state index in [9.17, 15) is 14.4 Å². The van der Waals surface area contributed by atoms with E-state index in [2.05, 4.69) is 14.8 Å². The van der Waals surface area contributed by atoms with Gasteiger partial charge in [0.15, 0.2) is 0 Å². The van der Waals surface area contributed by atoms with Crippen LogP contribution < -0.4 is 5.32 Å². The molecule has 0 unspecified atom stereocenters. The Balaban J connectivity index is 4.27. The molecule has 0 bridgehead atoms. The van der Waals surface area contributed by atoms with Crippen LogP contribution in [-0.4, -0.2) is 51.3 Å². The minimum Gasteiger partial charge on any atom is -0.469 e. The van der Waals surface area contributed by atoms with Gasteiger partial charge in [0.05, 0.1) is 14.2 Å². The van der Waals surface area contributed by atoms with Crippen LogP contribution in [0.4, 0.5) is 0 Å². The maximum Gasteiger partial charge on any atom is 0.328 e. The number of hydrogen-bond donors (Lipinski definition) is 1. The Kier molecular flexibility index (Phi) is 8.55. The fourth-order valence-electron chi connectivity index (χ4n) is 1.19. The van der Waals surface area contributed by atoms with E-state index < -0.39 is 23.9 Å². The standard InChI is InChI=1S/C11H19NO6/c1-4-18-7-9(13)12-8(11(15)17-3)5-6-10(14)16-2/h8H,4-7H2,1-3H3,(H,12,13)/t8-/m1/s1. The minimum atomic E-state index is -0.873. The molecular weight excluding hydrogens is 242 g/mol. The zero-order chi connectivity index (χ0) is 14.0. The molecule has 1 N–H and O–H groups in total. The highest BCUT2D eigenvalue weighted by Crippen LogP contribution is 2.01. The summed E-state index contributed by atoms with van der Waals surface area (Å²) in [6, 6.07) is -0.873. The minimum absolute atomic E-state index is 0.0190. The topological polar surface area (TPSA) is 90.9 Å². The van der Waals surface area contributed by atoms with Gasteiger partial charge in [-0.25, -0.2) is 4.79 Å². The normalized spacial score (nSPS) is 11.5. The molecule has 0 aromatic heterocycles. The van der Waals surface area contributed by atoms with Crippen molar-refractivity contribution in [1.82, 2.24) is 5.32 Å². The summed E-state index contributed by atoms with van der Waals surface area (Å²) in [5.41, 5.74) is 0. The quantitative estimate of drug-likeness (QED) is 0.600. The third kappa shape index (κ3) is 6.85. The molecule has 0 aliphatic carbocycles. The van der Waals surface area contributed by atoms with Crippen molar-refractivity contribution in [1.29, 1.82) is 0 Å². The third-order valence-electron chi connectivity index (χ3n) is 2.12. The molecule has 1 atom stereocenters. The fourth-order valence-corrected chi connectivity index (χ4v) is 1.19. The summed E-state index contributed by atoms with van der Waals surface area (Å²) in [5, 5.41) is 2.44. The maximum absolute atomic E-state index is 11.4. The smallest absolute Gasteiger partial charge is 0.328 e. The Hall–Kier alpha value is -1.63. The van der Waals surface area contributed by atoms with Crippen LogP contribution >= 0.6 is 0 Å². The molecule has 0 saturated carbocycles. The first-order valence-corrected chi connectivity index (χ1v) is 5.56. The lowest BCUT2D eigenvalue weighted by molar-refractivity contribution is -0.147. The summed E-state index contributed by atoms with van der Waals surface area (Å²) in [5.74, 6) is -1.50. The molecule has 0 spiro atoms. The molecule has 0 fully saturated rings. The molecule has 0 heterocycles. The Morgan fingerprint density at radius 1 is 1.17 bits per heavy atom. The average molecular weight is 261 g/mol. The van der Waals surface area contributed by atoms with Crippen molar-refractivity contribution in [3.63, 3.8) is 0 Å². The maximum atomic E-state index is 11.4. The van der Waals surface area contributed by atoms with Crippen molar-refractivity contribution in [3.05, 3.63) is 0 Å². The van der Waals surface area contributed by atoms with E-state index in [1.807, 2.05) is 0 Å². The SMILES string of the molecule is CCOCC(=O)N[C@H](CCC(=O)OC)C(=O)OC. The second kappa shape index (κ2) is 9.41. The summed E-state index contributed by atoms with van der Waals surface area (Å²) >= 11 is 0. The number of esters is 2. The van der Waals surface area contributed by atoms with Crippen molar-refractivity contribution < 1.29 is 28.6 Å². The van der Waals surface area contributed by atoms with E-state index in [-0.39, 0.29) is 19.4 Å². The zero-order valence-electron chi connectivity index (χ0n) is 10.9. The molecular formula is C11H19NO6. The van der Waals surface area contributed by atoms with E-state index in [0.717, 1.165) is 0 Å². The van der Waals surface area contributed by atoms with Gasteiger partial charge in [-0.15, -0.1) is 0 Å². The predicted octanol–water partition coefficient (Wildman–Crippen LogP) is -0.366. The van der Waals surface area contributed by atoms with Crippen LogP contribution in [0.15, 0.2) is 0 Å². The molecule has 18 heavy (non-hydrogen) atoms. The lowest BCUT2D eigenvalue weighted by atomic mass is 10.1. The summed E-state index contributed by atoms with van der Waals surface area (Å²) in [6.07, 6.45) is 0.141. The zero-order valence-corrected chi connectivity index (χ0v) is 10.9. The molecule has 0 aromatic carbocycles. The molecule has 104 valence electrons.